The Morgan fingerprint density at radius 2 is 1.88 bits per heavy atom. The Labute approximate surface area is 185 Å². The maximum atomic E-state index is 14.0. The molecule has 6 nitrogen and oxygen atoms in total. The summed E-state index contributed by atoms with van der Waals surface area (Å²) >= 11 is 0. The van der Waals surface area contributed by atoms with Gasteiger partial charge in [-0.2, -0.15) is 0 Å². The van der Waals surface area contributed by atoms with E-state index in [0.717, 1.165) is 5.56 Å². The third kappa shape index (κ3) is 4.28. The monoisotopic (exact) mass is 434 g/mol. The van der Waals surface area contributed by atoms with Crippen LogP contribution in [0.1, 0.15) is 39.2 Å². The number of nitrogens with zero attached hydrogens (tertiary/aromatic N) is 3. The number of rotatable bonds is 5. The number of carbonyl (C=O) groups is 1. The molecule has 32 heavy (non-hydrogen) atoms. The zero-order valence-corrected chi connectivity index (χ0v) is 18.7. The van der Waals surface area contributed by atoms with E-state index < -0.39 is 11.4 Å². The lowest BCUT2D eigenvalue weighted by Crippen LogP contribution is -2.42. The van der Waals surface area contributed by atoms with Crippen LogP contribution in [-0.2, 0) is 17.9 Å². The van der Waals surface area contributed by atoms with E-state index in [1.807, 2.05) is 58.0 Å². The highest BCUT2D eigenvalue weighted by atomic mass is 19.1. The summed E-state index contributed by atoms with van der Waals surface area (Å²) in [5, 5.41) is 3.44. The van der Waals surface area contributed by atoms with E-state index in [1.54, 1.807) is 15.2 Å². The van der Waals surface area contributed by atoms with E-state index in [4.69, 9.17) is 0 Å². The molecular weight excluding hydrogens is 407 g/mol. The summed E-state index contributed by atoms with van der Waals surface area (Å²) in [6.07, 6.45) is 1.51. The molecule has 166 valence electrons. The fourth-order valence-corrected chi connectivity index (χ4v) is 4.05. The second kappa shape index (κ2) is 8.22. The van der Waals surface area contributed by atoms with Crippen LogP contribution in [0.4, 0.5) is 4.39 Å². The van der Waals surface area contributed by atoms with Gasteiger partial charge in [-0.15, -0.1) is 0 Å². The fraction of sp³-hybridized carbons (Fsp3) is 0.320. The molecule has 4 rings (SSSR count). The number of carbonyl (C=O) groups excluding carboxylic acids is 1. The van der Waals surface area contributed by atoms with Crippen molar-refractivity contribution in [3.05, 3.63) is 76.6 Å². The van der Waals surface area contributed by atoms with Crippen molar-refractivity contribution in [2.45, 2.75) is 52.2 Å². The van der Waals surface area contributed by atoms with Crippen LogP contribution in [0.3, 0.4) is 0 Å². The Morgan fingerprint density at radius 3 is 2.56 bits per heavy atom. The molecule has 0 aliphatic heterocycles. The van der Waals surface area contributed by atoms with Gasteiger partial charge in [0.05, 0.1) is 11.8 Å². The summed E-state index contributed by atoms with van der Waals surface area (Å²) in [5.74, 6) is -0.555. The number of fused-ring (bicyclic) bond motifs is 3. The highest BCUT2D eigenvalue weighted by molar-refractivity contribution is 6.06. The van der Waals surface area contributed by atoms with Crippen LogP contribution >= 0.6 is 0 Å². The molecule has 2 heterocycles. The summed E-state index contributed by atoms with van der Waals surface area (Å²) < 4.78 is 17.2. The summed E-state index contributed by atoms with van der Waals surface area (Å²) in [6, 6.07) is 14.2. The molecule has 0 saturated heterocycles. The van der Waals surface area contributed by atoms with Crippen molar-refractivity contribution >= 4 is 27.8 Å². The Balaban J connectivity index is 1.83. The minimum atomic E-state index is -0.417. The van der Waals surface area contributed by atoms with Crippen LogP contribution in [0.2, 0.25) is 0 Å². The van der Waals surface area contributed by atoms with Gasteiger partial charge < -0.3 is 9.88 Å². The molecule has 7 heteroatoms. The van der Waals surface area contributed by atoms with Gasteiger partial charge in [-0.05, 0) is 50.5 Å². The lowest BCUT2D eigenvalue weighted by molar-refractivity contribution is -0.122. The average molecular weight is 435 g/mol. The topological polar surface area (TPSA) is 68.9 Å². The van der Waals surface area contributed by atoms with Crippen LogP contribution in [0, 0.1) is 5.82 Å². The van der Waals surface area contributed by atoms with Crippen molar-refractivity contribution in [3.63, 3.8) is 0 Å². The van der Waals surface area contributed by atoms with Crippen molar-refractivity contribution in [1.29, 1.82) is 0 Å². The van der Waals surface area contributed by atoms with Gasteiger partial charge in [0.15, 0.2) is 0 Å². The molecule has 0 saturated carbocycles. The van der Waals surface area contributed by atoms with Crippen molar-refractivity contribution < 1.29 is 9.18 Å². The second-order valence-corrected chi connectivity index (χ2v) is 9.26. The molecule has 0 bridgehead atoms. The summed E-state index contributed by atoms with van der Waals surface area (Å²) in [6.45, 7) is 8.12. The standard InChI is InChI=1S/C25H27FN4O2/c1-16(17-8-6-5-7-9-17)13-29-15-27-22-19-12-18(26)10-11-20(19)30(23(22)24(29)32)14-21(31)28-25(2,3)4/h5-12,15-16H,13-14H2,1-4H3,(H,28,31). The quantitative estimate of drug-likeness (QED) is 0.512. The molecule has 0 fully saturated rings. The molecule has 0 spiro atoms. The first kappa shape index (κ1) is 21.7. The third-order valence-electron chi connectivity index (χ3n) is 5.44. The van der Waals surface area contributed by atoms with E-state index in [0.29, 0.717) is 28.5 Å². The maximum Gasteiger partial charge on any atom is 0.277 e. The lowest BCUT2D eigenvalue weighted by atomic mass is 10.0. The molecule has 1 N–H and O–H groups in total. The number of hydrogen-bond donors (Lipinski definition) is 1. The first-order valence-electron chi connectivity index (χ1n) is 10.7. The van der Waals surface area contributed by atoms with Crippen LogP contribution in [0.25, 0.3) is 21.9 Å². The zero-order chi connectivity index (χ0) is 23.0. The van der Waals surface area contributed by atoms with Gasteiger partial charge in [0, 0.05) is 17.5 Å². The lowest BCUT2D eigenvalue weighted by Gasteiger charge is -2.21. The van der Waals surface area contributed by atoms with Crippen LogP contribution in [0.5, 0.6) is 0 Å². The summed E-state index contributed by atoms with van der Waals surface area (Å²) in [7, 11) is 0. The number of amides is 1. The average Bonchev–Trinajstić information content (AvgIpc) is 3.02. The Bertz CT molecular complexity index is 1350. The van der Waals surface area contributed by atoms with Gasteiger partial charge in [0.2, 0.25) is 5.91 Å². The smallest absolute Gasteiger partial charge is 0.277 e. The molecule has 2 aromatic heterocycles. The Hall–Kier alpha value is -3.48. The zero-order valence-electron chi connectivity index (χ0n) is 18.7. The van der Waals surface area contributed by atoms with E-state index in [1.165, 1.54) is 18.5 Å². The second-order valence-electron chi connectivity index (χ2n) is 9.26. The SMILES string of the molecule is CC(Cn1cnc2c3cc(F)ccc3n(CC(=O)NC(C)(C)C)c2c1=O)c1ccccc1. The maximum absolute atomic E-state index is 14.0. The fourth-order valence-electron chi connectivity index (χ4n) is 4.05. The number of hydrogen-bond acceptors (Lipinski definition) is 3. The summed E-state index contributed by atoms with van der Waals surface area (Å²) in [5.41, 5.74) is 1.76. The number of benzene rings is 2. The highest BCUT2D eigenvalue weighted by Crippen LogP contribution is 2.26. The van der Waals surface area contributed by atoms with Crippen LogP contribution in [0.15, 0.2) is 59.7 Å². The van der Waals surface area contributed by atoms with E-state index in [-0.39, 0.29) is 23.9 Å². The van der Waals surface area contributed by atoms with Gasteiger partial charge in [0.1, 0.15) is 23.4 Å². The minimum absolute atomic E-state index is 0.0575. The predicted molar refractivity (Wildman–Crippen MR) is 124 cm³/mol. The third-order valence-corrected chi connectivity index (χ3v) is 5.44. The van der Waals surface area contributed by atoms with Gasteiger partial charge in [-0.1, -0.05) is 37.3 Å². The van der Waals surface area contributed by atoms with Gasteiger partial charge >= 0.3 is 0 Å². The number of nitrogens with one attached hydrogen (secondary N) is 1. The Morgan fingerprint density at radius 1 is 1.16 bits per heavy atom. The van der Waals surface area contributed by atoms with Crippen molar-refractivity contribution in [3.8, 4) is 0 Å². The van der Waals surface area contributed by atoms with Crippen LogP contribution in [-0.4, -0.2) is 25.6 Å². The molecule has 0 radical (unpaired) electrons. The predicted octanol–water partition coefficient (Wildman–Crippen LogP) is 4.21. The van der Waals surface area contributed by atoms with Crippen molar-refractivity contribution in [2.24, 2.45) is 0 Å². The van der Waals surface area contributed by atoms with Gasteiger partial charge in [0.25, 0.3) is 5.56 Å². The molecule has 1 unspecified atom stereocenters. The molecular formula is C25H27FN4O2. The Kier molecular flexibility index (Phi) is 5.59. The molecule has 1 amide bonds. The van der Waals surface area contributed by atoms with E-state index in [9.17, 15) is 14.0 Å². The van der Waals surface area contributed by atoms with Gasteiger partial charge in [-0.3, -0.25) is 14.2 Å². The largest absolute Gasteiger partial charge is 0.350 e. The minimum Gasteiger partial charge on any atom is -0.350 e. The van der Waals surface area contributed by atoms with Crippen molar-refractivity contribution in [1.82, 2.24) is 19.4 Å². The van der Waals surface area contributed by atoms with E-state index >= 15 is 0 Å². The van der Waals surface area contributed by atoms with Crippen molar-refractivity contribution in [2.75, 3.05) is 0 Å². The molecule has 4 aromatic rings. The molecule has 0 aliphatic carbocycles. The molecule has 0 aliphatic rings. The number of halogens is 1. The normalized spacial score (nSPS) is 12.9. The first-order valence-corrected chi connectivity index (χ1v) is 10.7. The summed E-state index contributed by atoms with van der Waals surface area (Å²) in [4.78, 5) is 30.7. The molecule has 1 atom stereocenters. The van der Waals surface area contributed by atoms with E-state index in [2.05, 4.69) is 10.3 Å². The van der Waals surface area contributed by atoms with Crippen LogP contribution < -0.4 is 10.9 Å². The van der Waals surface area contributed by atoms with Gasteiger partial charge in [-0.25, -0.2) is 9.37 Å². The number of aromatic nitrogens is 3. The molecule has 2 aromatic carbocycles. The highest BCUT2D eigenvalue weighted by Gasteiger charge is 2.21. The first-order chi connectivity index (χ1) is 15.1.